The number of nitrogens with zero attached hydrogens (tertiary/aromatic N) is 1. The third-order valence-electron chi connectivity index (χ3n) is 3.30. The molecule has 0 saturated heterocycles. The lowest BCUT2D eigenvalue weighted by Crippen LogP contribution is -2.30. The molecule has 1 aromatic rings. The standard InChI is InChI=1S/C15H24N2S/c1-15(2,14(16)18)10-7-11-17(3)12-13-8-5-4-6-9-13/h4-6,8-9H,7,10-12H2,1-3H3,(H2,16,18). The van der Waals surface area contributed by atoms with Gasteiger partial charge in [-0.15, -0.1) is 0 Å². The van der Waals surface area contributed by atoms with E-state index >= 15 is 0 Å². The van der Waals surface area contributed by atoms with E-state index in [0.717, 1.165) is 25.9 Å². The van der Waals surface area contributed by atoms with Crippen molar-refractivity contribution < 1.29 is 0 Å². The maximum absolute atomic E-state index is 5.73. The number of nitrogens with two attached hydrogens (primary N) is 1. The topological polar surface area (TPSA) is 29.3 Å². The van der Waals surface area contributed by atoms with Crippen molar-refractivity contribution in [3.8, 4) is 0 Å². The molecule has 0 unspecified atom stereocenters. The number of hydrogen-bond donors (Lipinski definition) is 1. The van der Waals surface area contributed by atoms with Gasteiger partial charge in [0.05, 0.1) is 4.99 Å². The average Bonchev–Trinajstić information content (AvgIpc) is 2.29. The number of thiocarbonyl (C=S) groups is 1. The normalized spacial score (nSPS) is 11.8. The Morgan fingerprint density at radius 1 is 1.28 bits per heavy atom. The van der Waals surface area contributed by atoms with Crippen LogP contribution in [0, 0.1) is 5.41 Å². The van der Waals surface area contributed by atoms with Crippen LogP contribution in [0.15, 0.2) is 30.3 Å². The number of rotatable bonds is 7. The van der Waals surface area contributed by atoms with Crippen LogP contribution < -0.4 is 5.73 Å². The highest BCUT2D eigenvalue weighted by Gasteiger charge is 2.20. The molecule has 1 rings (SSSR count). The van der Waals surface area contributed by atoms with E-state index in [0.29, 0.717) is 4.99 Å². The fraction of sp³-hybridized carbons (Fsp3) is 0.533. The quantitative estimate of drug-likeness (QED) is 0.767. The van der Waals surface area contributed by atoms with Crippen LogP contribution in [0.2, 0.25) is 0 Å². The van der Waals surface area contributed by atoms with E-state index < -0.39 is 0 Å². The molecule has 0 aliphatic rings. The molecule has 100 valence electrons. The van der Waals surface area contributed by atoms with E-state index in [1.54, 1.807) is 0 Å². The first-order valence-electron chi connectivity index (χ1n) is 6.44. The zero-order valence-electron chi connectivity index (χ0n) is 11.6. The van der Waals surface area contributed by atoms with E-state index in [-0.39, 0.29) is 5.41 Å². The summed E-state index contributed by atoms with van der Waals surface area (Å²) < 4.78 is 0. The summed E-state index contributed by atoms with van der Waals surface area (Å²) in [4.78, 5) is 2.96. The largest absolute Gasteiger partial charge is 0.393 e. The molecule has 0 amide bonds. The average molecular weight is 264 g/mol. The first kappa shape index (κ1) is 15.1. The molecule has 3 heteroatoms. The second kappa shape index (κ2) is 6.86. The maximum Gasteiger partial charge on any atom is 0.0784 e. The maximum atomic E-state index is 5.73. The molecule has 0 heterocycles. The van der Waals surface area contributed by atoms with Gasteiger partial charge in [-0.25, -0.2) is 0 Å². The predicted octanol–water partition coefficient (Wildman–Crippen LogP) is 3.21. The van der Waals surface area contributed by atoms with Crippen LogP contribution in [-0.2, 0) is 6.54 Å². The zero-order valence-corrected chi connectivity index (χ0v) is 12.5. The monoisotopic (exact) mass is 264 g/mol. The molecule has 18 heavy (non-hydrogen) atoms. The Labute approximate surface area is 116 Å². The minimum absolute atomic E-state index is 0.0249. The molecule has 1 aromatic carbocycles. The molecule has 0 radical (unpaired) electrons. The van der Waals surface area contributed by atoms with Gasteiger partial charge in [0.1, 0.15) is 0 Å². The fourth-order valence-electron chi connectivity index (χ4n) is 1.89. The van der Waals surface area contributed by atoms with Gasteiger partial charge in [-0.2, -0.15) is 0 Å². The molecule has 0 fully saturated rings. The van der Waals surface area contributed by atoms with E-state index in [1.165, 1.54) is 5.56 Å². The van der Waals surface area contributed by atoms with Crippen molar-refractivity contribution >= 4 is 17.2 Å². The van der Waals surface area contributed by atoms with Gasteiger partial charge >= 0.3 is 0 Å². The van der Waals surface area contributed by atoms with Crippen LogP contribution in [0.5, 0.6) is 0 Å². The molecule has 0 aromatic heterocycles. The second-order valence-corrected chi connectivity index (χ2v) is 6.01. The van der Waals surface area contributed by atoms with Crippen molar-refractivity contribution in [2.24, 2.45) is 11.1 Å². The summed E-state index contributed by atoms with van der Waals surface area (Å²) in [5, 5.41) is 0. The van der Waals surface area contributed by atoms with Crippen molar-refractivity contribution in [3.05, 3.63) is 35.9 Å². The molecular formula is C15H24N2S. The molecular weight excluding hydrogens is 240 g/mol. The molecule has 2 N–H and O–H groups in total. The SMILES string of the molecule is CN(CCCC(C)(C)C(N)=S)Cc1ccccc1. The van der Waals surface area contributed by atoms with Gasteiger partial charge < -0.3 is 10.6 Å². The van der Waals surface area contributed by atoms with Crippen molar-refractivity contribution in [1.82, 2.24) is 4.90 Å². The highest BCUT2D eigenvalue weighted by Crippen LogP contribution is 2.22. The Morgan fingerprint density at radius 2 is 1.89 bits per heavy atom. The van der Waals surface area contributed by atoms with Gasteiger partial charge in [-0.1, -0.05) is 56.4 Å². The lowest BCUT2D eigenvalue weighted by molar-refractivity contribution is 0.301. The van der Waals surface area contributed by atoms with Gasteiger partial charge in [0.15, 0.2) is 0 Å². The first-order valence-corrected chi connectivity index (χ1v) is 6.85. The van der Waals surface area contributed by atoms with E-state index in [4.69, 9.17) is 18.0 Å². The molecule has 2 nitrogen and oxygen atoms in total. The van der Waals surface area contributed by atoms with Gasteiger partial charge in [0.2, 0.25) is 0 Å². The summed E-state index contributed by atoms with van der Waals surface area (Å²) >= 11 is 5.08. The molecule has 0 aliphatic carbocycles. The zero-order chi connectivity index (χ0) is 13.6. The van der Waals surface area contributed by atoms with Crippen LogP contribution in [0.3, 0.4) is 0 Å². The molecule has 0 saturated carbocycles. The second-order valence-electron chi connectivity index (χ2n) is 5.58. The summed E-state index contributed by atoms with van der Waals surface area (Å²) in [6.07, 6.45) is 2.16. The summed E-state index contributed by atoms with van der Waals surface area (Å²) in [7, 11) is 2.15. The van der Waals surface area contributed by atoms with Crippen LogP contribution >= 0.6 is 12.2 Å². The highest BCUT2D eigenvalue weighted by atomic mass is 32.1. The van der Waals surface area contributed by atoms with E-state index in [9.17, 15) is 0 Å². The lowest BCUT2D eigenvalue weighted by atomic mass is 9.88. The predicted molar refractivity (Wildman–Crippen MR) is 82.6 cm³/mol. The number of benzene rings is 1. The Kier molecular flexibility index (Phi) is 5.76. The molecule has 0 spiro atoms. The summed E-state index contributed by atoms with van der Waals surface area (Å²) in [5.74, 6) is 0. The fourth-order valence-corrected chi connectivity index (χ4v) is 1.99. The highest BCUT2D eigenvalue weighted by molar-refractivity contribution is 7.80. The Bertz CT molecular complexity index is 373. The van der Waals surface area contributed by atoms with Crippen molar-refractivity contribution in [2.45, 2.75) is 33.2 Å². The summed E-state index contributed by atoms with van der Waals surface area (Å²) in [5.41, 5.74) is 7.06. The summed E-state index contributed by atoms with van der Waals surface area (Å²) in [6.45, 7) is 6.30. The summed E-state index contributed by atoms with van der Waals surface area (Å²) in [6, 6.07) is 10.5. The van der Waals surface area contributed by atoms with Crippen LogP contribution in [0.25, 0.3) is 0 Å². The van der Waals surface area contributed by atoms with Gasteiger partial charge in [-0.3, -0.25) is 0 Å². The molecule has 0 atom stereocenters. The van der Waals surface area contributed by atoms with E-state index in [2.05, 4.69) is 50.1 Å². The Hall–Kier alpha value is -0.930. The first-order chi connectivity index (χ1) is 8.42. The van der Waals surface area contributed by atoms with Gasteiger partial charge in [-0.05, 0) is 32.0 Å². The van der Waals surface area contributed by atoms with Crippen LogP contribution in [0.1, 0.15) is 32.3 Å². The van der Waals surface area contributed by atoms with Gasteiger partial charge in [0.25, 0.3) is 0 Å². The van der Waals surface area contributed by atoms with Crippen LogP contribution in [0.4, 0.5) is 0 Å². The lowest BCUT2D eigenvalue weighted by Gasteiger charge is -2.24. The van der Waals surface area contributed by atoms with E-state index in [1.807, 2.05) is 6.07 Å². The molecule has 0 aliphatic heterocycles. The van der Waals surface area contributed by atoms with Crippen molar-refractivity contribution in [2.75, 3.05) is 13.6 Å². The number of hydrogen-bond acceptors (Lipinski definition) is 2. The third-order valence-corrected chi connectivity index (χ3v) is 3.86. The van der Waals surface area contributed by atoms with Crippen molar-refractivity contribution in [1.29, 1.82) is 0 Å². The van der Waals surface area contributed by atoms with Gasteiger partial charge in [0, 0.05) is 12.0 Å². The smallest absolute Gasteiger partial charge is 0.0784 e. The minimum atomic E-state index is -0.0249. The Balaban J connectivity index is 2.30. The molecule has 0 bridgehead atoms. The third kappa shape index (κ3) is 5.15. The Morgan fingerprint density at radius 3 is 2.44 bits per heavy atom. The van der Waals surface area contributed by atoms with Crippen molar-refractivity contribution in [3.63, 3.8) is 0 Å². The minimum Gasteiger partial charge on any atom is -0.393 e. The van der Waals surface area contributed by atoms with Crippen LogP contribution in [-0.4, -0.2) is 23.5 Å².